The SMILES string of the molecule is CN1CCN(Cc2ccccc2C(=O)NN)C(=O)C1=O. The van der Waals surface area contributed by atoms with Gasteiger partial charge >= 0.3 is 11.8 Å². The van der Waals surface area contributed by atoms with Crippen molar-refractivity contribution in [2.45, 2.75) is 6.54 Å². The molecule has 0 aliphatic carbocycles. The number of hydrogen-bond acceptors (Lipinski definition) is 4. The predicted octanol–water partition coefficient (Wildman–Crippen LogP) is -0.909. The highest BCUT2D eigenvalue weighted by Crippen LogP contribution is 2.14. The average molecular weight is 276 g/mol. The Kier molecular flexibility index (Phi) is 3.99. The summed E-state index contributed by atoms with van der Waals surface area (Å²) in [6, 6.07) is 6.84. The molecular weight excluding hydrogens is 260 g/mol. The van der Waals surface area contributed by atoms with Gasteiger partial charge in [-0.1, -0.05) is 18.2 Å². The summed E-state index contributed by atoms with van der Waals surface area (Å²) in [5.41, 5.74) is 3.12. The molecule has 1 aliphatic heterocycles. The van der Waals surface area contributed by atoms with Gasteiger partial charge in [0.15, 0.2) is 0 Å². The Morgan fingerprint density at radius 1 is 1.25 bits per heavy atom. The summed E-state index contributed by atoms with van der Waals surface area (Å²) in [5, 5.41) is 0. The number of rotatable bonds is 3. The van der Waals surface area contributed by atoms with Crippen LogP contribution >= 0.6 is 0 Å². The lowest BCUT2D eigenvalue weighted by molar-refractivity contribution is -0.155. The van der Waals surface area contributed by atoms with Gasteiger partial charge in [-0.15, -0.1) is 0 Å². The van der Waals surface area contributed by atoms with Gasteiger partial charge in [0, 0.05) is 32.2 Å². The molecule has 0 aromatic heterocycles. The number of nitrogens with zero attached hydrogens (tertiary/aromatic N) is 2. The molecule has 2 rings (SSSR count). The van der Waals surface area contributed by atoms with Crippen LogP contribution in [0.25, 0.3) is 0 Å². The molecule has 106 valence electrons. The molecule has 1 aromatic rings. The van der Waals surface area contributed by atoms with Crippen molar-refractivity contribution in [3.8, 4) is 0 Å². The van der Waals surface area contributed by atoms with Crippen molar-refractivity contribution < 1.29 is 14.4 Å². The summed E-state index contributed by atoms with van der Waals surface area (Å²) >= 11 is 0. The van der Waals surface area contributed by atoms with E-state index in [4.69, 9.17) is 5.84 Å². The highest BCUT2D eigenvalue weighted by atomic mass is 16.2. The highest BCUT2D eigenvalue weighted by Gasteiger charge is 2.30. The molecule has 1 aliphatic rings. The second-order valence-electron chi connectivity index (χ2n) is 4.58. The summed E-state index contributed by atoms with van der Waals surface area (Å²) in [5.74, 6) is 3.63. The lowest BCUT2D eigenvalue weighted by Gasteiger charge is -2.31. The summed E-state index contributed by atoms with van der Waals surface area (Å²) in [7, 11) is 1.59. The maximum atomic E-state index is 11.9. The van der Waals surface area contributed by atoms with Gasteiger partial charge in [0.05, 0.1) is 0 Å². The molecule has 0 atom stereocenters. The lowest BCUT2D eigenvalue weighted by Crippen LogP contribution is -2.52. The monoisotopic (exact) mass is 276 g/mol. The summed E-state index contributed by atoms with van der Waals surface area (Å²) in [6.45, 7) is 1.14. The molecule has 0 saturated carbocycles. The molecular formula is C13H16N4O3. The Balaban J connectivity index is 2.20. The molecule has 0 spiro atoms. The Morgan fingerprint density at radius 3 is 2.65 bits per heavy atom. The minimum atomic E-state index is -0.554. The Bertz CT molecular complexity index is 558. The summed E-state index contributed by atoms with van der Waals surface area (Å²) in [4.78, 5) is 38.0. The first-order chi connectivity index (χ1) is 9.54. The second kappa shape index (κ2) is 5.70. The van der Waals surface area contributed by atoms with Crippen LogP contribution in [0.1, 0.15) is 15.9 Å². The largest absolute Gasteiger partial charge is 0.336 e. The van der Waals surface area contributed by atoms with Crippen molar-refractivity contribution in [2.75, 3.05) is 20.1 Å². The number of nitrogen functional groups attached to an aromatic ring is 1. The fraction of sp³-hybridized carbons (Fsp3) is 0.308. The summed E-state index contributed by atoms with van der Waals surface area (Å²) < 4.78 is 0. The van der Waals surface area contributed by atoms with Crippen molar-refractivity contribution in [2.24, 2.45) is 5.84 Å². The van der Waals surface area contributed by atoms with Gasteiger partial charge in [-0.3, -0.25) is 19.8 Å². The zero-order valence-corrected chi connectivity index (χ0v) is 11.1. The number of amides is 3. The Morgan fingerprint density at radius 2 is 1.95 bits per heavy atom. The number of nitrogens with one attached hydrogen (secondary N) is 1. The first-order valence-electron chi connectivity index (χ1n) is 6.18. The van der Waals surface area contributed by atoms with Crippen molar-refractivity contribution in [1.29, 1.82) is 0 Å². The van der Waals surface area contributed by atoms with Gasteiger partial charge in [0.1, 0.15) is 0 Å². The van der Waals surface area contributed by atoms with E-state index >= 15 is 0 Å². The van der Waals surface area contributed by atoms with Crippen molar-refractivity contribution in [3.05, 3.63) is 35.4 Å². The first kappa shape index (κ1) is 14.0. The molecule has 3 amide bonds. The zero-order valence-electron chi connectivity index (χ0n) is 11.1. The number of carbonyl (C=O) groups excluding carboxylic acids is 3. The topological polar surface area (TPSA) is 95.7 Å². The third-order valence-corrected chi connectivity index (χ3v) is 3.28. The normalized spacial score (nSPS) is 15.5. The van der Waals surface area contributed by atoms with Gasteiger partial charge < -0.3 is 9.80 Å². The van der Waals surface area contributed by atoms with Crippen LogP contribution in [0.5, 0.6) is 0 Å². The molecule has 1 heterocycles. The lowest BCUT2D eigenvalue weighted by atomic mass is 10.1. The number of benzene rings is 1. The van der Waals surface area contributed by atoms with Gasteiger partial charge in [-0.25, -0.2) is 5.84 Å². The van der Waals surface area contributed by atoms with E-state index in [-0.39, 0.29) is 6.54 Å². The van der Waals surface area contributed by atoms with E-state index < -0.39 is 17.7 Å². The fourth-order valence-electron chi connectivity index (χ4n) is 2.09. The van der Waals surface area contributed by atoms with E-state index in [1.54, 1.807) is 31.3 Å². The molecule has 7 nitrogen and oxygen atoms in total. The smallest absolute Gasteiger partial charge is 0.312 e. The Hall–Kier alpha value is -2.41. The predicted molar refractivity (Wildman–Crippen MR) is 71.1 cm³/mol. The Labute approximate surface area is 116 Å². The first-order valence-corrected chi connectivity index (χ1v) is 6.18. The van der Waals surface area contributed by atoms with Crippen LogP contribution in [0.15, 0.2) is 24.3 Å². The third kappa shape index (κ3) is 2.62. The molecule has 3 N–H and O–H groups in total. The third-order valence-electron chi connectivity index (χ3n) is 3.28. The van der Waals surface area contributed by atoms with Gasteiger partial charge in [0.2, 0.25) is 0 Å². The molecule has 1 saturated heterocycles. The highest BCUT2D eigenvalue weighted by molar-refractivity contribution is 6.35. The maximum absolute atomic E-state index is 11.9. The quantitative estimate of drug-likeness (QED) is 0.323. The van der Waals surface area contributed by atoms with Crippen LogP contribution in [0.4, 0.5) is 0 Å². The maximum Gasteiger partial charge on any atom is 0.312 e. The van der Waals surface area contributed by atoms with Crippen molar-refractivity contribution in [1.82, 2.24) is 15.2 Å². The second-order valence-corrected chi connectivity index (χ2v) is 4.58. The number of piperazine rings is 1. The number of hydrogen-bond donors (Lipinski definition) is 2. The summed E-state index contributed by atoms with van der Waals surface area (Å²) in [6.07, 6.45) is 0. The van der Waals surface area contributed by atoms with E-state index in [0.717, 1.165) is 0 Å². The fourth-order valence-corrected chi connectivity index (χ4v) is 2.09. The van der Waals surface area contributed by atoms with Crippen LogP contribution in [0.3, 0.4) is 0 Å². The van der Waals surface area contributed by atoms with Crippen LogP contribution in [0.2, 0.25) is 0 Å². The number of carbonyl (C=O) groups is 3. The molecule has 20 heavy (non-hydrogen) atoms. The van der Waals surface area contributed by atoms with Crippen LogP contribution in [-0.4, -0.2) is 47.7 Å². The average Bonchev–Trinajstić information content (AvgIpc) is 2.47. The molecule has 0 bridgehead atoms. The molecule has 1 fully saturated rings. The zero-order chi connectivity index (χ0) is 14.7. The van der Waals surface area contributed by atoms with Crippen LogP contribution < -0.4 is 11.3 Å². The van der Waals surface area contributed by atoms with E-state index in [2.05, 4.69) is 5.43 Å². The molecule has 0 unspecified atom stereocenters. The van der Waals surface area contributed by atoms with Gasteiger partial charge in [0.25, 0.3) is 5.91 Å². The van der Waals surface area contributed by atoms with Crippen LogP contribution in [-0.2, 0) is 16.1 Å². The molecule has 0 radical (unpaired) electrons. The van der Waals surface area contributed by atoms with E-state index in [0.29, 0.717) is 24.2 Å². The van der Waals surface area contributed by atoms with Gasteiger partial charge in [-0.2, -0.15) is 0 Å². The van der Waals surface area contributed by atoms with E-state index in [9.17, 15) is 14.4 Å². The standard InChI is InChI=1S/C13H16N4O3/c1-16-6-7-17(13(20)12(16)19)8-9-4-2-3-5-10(9)11(18)15-14/h2-5H,6-8,14H2,1H3,(H,15,18). The number of likely N-dealkylation sites (N-methyl/N-ethyl adjacent to an activating group) is 1. The van der Waals surface area contributed by atoms with E-state index in [1.165, 1.54) is 9.80 Å². The minimum Gasteiger partial charge on any atom is -0.336 e. The van der Waals surface area contributed by atoms with Crippen molar-refractivity contribution in [3.63, 3.8) is 0 Å². The van der Waals surface area contributed by atoms with Crippen LogP contribution in [0, 0.1) is 0 Å². The van der Waals surface area contributed by atoms with E-state index in [1.807, 2.05) is 0 Å². The van der Waals surface area contributed by atoms with Crippen molar-refractivity contribution >= 4 is 17.7 Å². The minimum absolute atomic E-state index is 0.210. The van der Waals surface area contributed by atoms with Gasteiger partial charge in [-0.05, 0) is 11.6 Å². The number of hydrazine groups is 1. The molecule has 7 heteroatoms. The number of nitrogens with two attached hydrogens (primary N) is 1. The molecule has 1 aromatic carbocycles.